The van der Waals surface area contributed by atoms with Gasteiger partial charge in [-0.1, -0.05) is 32.6 Å². The molecule has 0 unspecified atom stereocenters. The molecular formula is C14H25N3. The summed E-state index contributed by atoms with van der Waals surface area (Å²) in [7, 11) is 0. The fraction of sp³-hybridized carbons (Fsp3) is 0.786. The van der Waals surface area contributed by atoms with Gasteiger partial charge in [-0.15, -0.1) is 0 Å². The maximum atomic E-state index is 5.89. The quantitative estimate of drug-likeness (QED) is 0.852. The number of nitrogens with two attached hydrogens (primary N) is 1. The van der Waals surface area contributed by atoms with E-state index < -0.39 is 0 Å². The second kappa shape index (κ2) is 5.67. The summed E-state index contributed by atoms with van der Waals surface area (Å²) in [6.07, 6.45) is 10.2. The molecule has 1 fully saturated rings. The van der Waals surface area contributed by atoms with Crippen molar-refractivity contribution in [3.8, 4) is 0 Å². The van der Waals surface area contributed by atoms with E-state index in [0.29, 0.717) is 0 Å². The molecule has 1 heterocycles. The molecule has 1 saturated carbocycles. The zero-order chi connectivity index (χ0) is 12.3. The van der Waals surface area contributed by atoms with Crippen LogP contribution in [-0.2, 0) is 13.0 Å². The van der Waals surface area contributed by atoms with Crippen LogP contribution in [0.15, 0.2) is 6.20 Å². The van der Waals surface area contributed by atoms with Gasteiger partial charge in [0.2, 0.25) is 0 Å². The molecule has 1 aliphatic rings. The van der Waals surface area contributed by atoms with Gasteiger partial charge in [0.25, 0.3) is 0 Å². The first-order valence-electron chi connectivity index (χ1n) is 7.02. The predicted octanol–water partition coefficient (Wildman–Crippen LogP) is 3.05. The molecule has 0 spiro atoms. The minimum atomic E-state index is 0.0491. The van der Waals surface area contributed by atoms with Crippen molar-refractivity contribution in [2.24, 2.45) is 11.7 Å². The van der Waals surface area contributed by atoms with Crippen LogP contribution in [0.3, 0.4) is 0 Å². The van der Waals surface area contributed by atoms with Crippen LogP contribution in [0.2, 0.25) is 0 Å². The van der Waals surface area contributed by atoms with Crippen molar-refractivity contribution in [2.75, 3.05) is 0 Å². The third-order valence-electron chi connectivity index (χ3n) is 3.91. The standard InChI is InChI=1S/C14H25N3/c1-3-14-16-13(11(2)15)10-17(14)9-8-12-6-4-5-7-12/h10-12H,3-9,15H2,1-2H3/t11-/m0/s1. The zero-order valence-electron chi connectivity index (χ0n) is 11.2. The van der Waals surface area contributed by atoms with E-state index in [-0.39, 0.29) is 6.04 Å². The molecule has 1 aromatic rings. The van der Waals surface area contributed by atoms with Crippen LogP contribution in [0.25, 0.3) is 0 Å². The maximum Gasteiger partial charge on any atom is 0.108 e. The third kappa shape index (κ3) is 3.09. The number of imidazole rings is 1. The van der Waals surface area contributed by atoms with Gasteiger partial charge in [0, 0.05) is 25.2 Å². The minimum absolute atomic E-state index is 0.0491. The zero-order valence-corrected chi connectivity index (χ0v) is 11.2. The number of aryl methyl sites for hydroxylation is 2. The topological polar surface area (TPSA) is 43.8 Å². The van der Waals surface area contributed by atoms with E-state index in [4.69, 9.17) is 5.73 Å². The molecule has 17 heavy (non-hydrogen) atoms. The number of nitrogens with zero attached hydrogens (tertiary/aromatic N) is 2. The molecular weight excluding hydrogens is 210 g/mol. The van der Waals surface area contributed by atoms with Gasteiger partial charge in [-0.25, -0.2) is 4.98 Å². The molecule has 0 aliphatic heterocycles. The van der Waals surface area contributed by atoms with Crippen LogP contribution in [-0.4, -0.2) is 9.55 Å². The molecule has 3 nitrogen and oxygen atoms in total. The average molecular weight is 235 g/mol. The minimum Gasteiger partial charge on any atom is -0.335 e. The average Bonchev–Trinajstić information content (AvgIpc) is 2.95. The molecule has 3 heteroatoms. The second-order valence-corrected chi connectivity index (χ2v) is 5.36. The summed E-state index contributed by atoms with van der Waals surface area (Å²) >= 11 is 0. The predicted molar refractivity (Wildman–Crippen MR) is 70.8 cm³/mol. The fourth-order valence-corrected chi connectivity index (χ4v) is 2.79. The SMILES string of the molecule is CCc1nc([C@H](C)N)cn1CCC1CCCC1. The van der Waals surface area contributed by atoms with Crippen LogP contribution in [0.1, 0.15) is 63.5 Å². The highest BCUT2D eigenvalue weighted by Gasteiger charge is 2.16. The van der Waals surface area contributed by atoms with E-state index in [0.717, 1.165) is 24.6 Å². The molecule has 0 amide bonds. The van der Waals surface area contributed by atoms with E-state index in [1.807, 2.05) is 6.92 Å². The van der Waals surface area contributed by atoms with E-state index in [9.17, 15) is 0 Å². The Morgan fingerprint density at radius 1 is 1.47 bits per heavy atom. The first-order chi connectivity index (χ1) is 8.20. The van der Waals surface area contributed by atoms with Crippen LogP contribution in [0, 0.1) is 5.92 Å². The summed E-state index contributed by atoms with van der Waals surface area (Å²) < 4.78 is 2.32. The van der Waals surface area contributed by atoms with Gasteiger partial charge in [0.1, 0.15) is 5.82 Å². The molecule has 2 N–H and O–H groups in total. The Bertz CT molecular complexity index is 348. The van der Waals surface area contributed by atoms with Crippen LogP contribution >= 0.6 is 0 Å². The highest BCUT2D eigenvalue weighted by molar-refractivity contribution is 5.07. The van der Waals surface area contributed by atoms with E-state index in [1.54, 1.807) is 0 Å². The number of hydrogen-bond donors (Lipinski definition) is 1. The molecule has 96 valence electrons. The van der Waals surface area contributed by atoms with Crippen molar-refractivity contribution < 1.29 is 0 Å². The largest absolute Gasteiger partial charge is 0.335 e. The van der Waals surface area contributed by atoms with Gasteiger partial charge in [-0.05, 0) is 19.3 Å². The molecule has 1 aromatic heterocycles. The van der Waals surface area contributed by atoms with E-state index in [1.165, 1.54) is 37.9 Å². The Labute approximate surface area is 104 Å². The van der Waals surface area contributed by atoms with Gasteiger partial charge in [0.15, 0.2) is 0 Å². The summed E-state index contributed by atoms with van der Waals surface area (Å²) in [6.45, 7) is 5.29. The normalized spacial score (nSPS) is 18.8. The Morgan fingerprint density at radius 2 is 2.18 bits per heavy atom. The highest BCUT2D eigenvalue weighted by atomic mass is 15.1. The van der Waals surface area contributed by atoms with E-state index >= 15 is 0 Å². The summed E-state index contributed by atoms with van der Waals surface area (Å²) in [4.78, 5) is 4.61. The van der Waals surface area contributed by atoms with Gasteiger partial charge in [-0.3, -0.25) is 0 Å². The van der Waals surface area contributed by atoms with Crippen molar-refractivity contribution >= 4 is 0 Å². The smallest absolute Gasteiger partial charge is 0.108 e. The third-order valence-corrected chi connectivity index (χ3v) is 3.91. The molecule has 2 rings (SSSR count). The van der Waals surface area contributed by atoms with Gasteiger partial charge >= 0.3 is 0 Å². The first-order valence-corrected chi connectivity index (χ1v) is 7.02. The van der Waals surface area contributed by atoms with Crippen LogP contribution < -0.4 is 5.73 Å². The highest BCUT2D eigenvalue weighted by Crippen LogP contribution is 2.28. The lowest BCUT2D eigenvalue weighted by molar-refractivity contribution is 0.452. The summed E-state index contributed by atoms with van der Waals surface area (Å²) in [5.74, 6) is 2.14. The Morgan fingerprint density at radius 3 is 2.76 bits per heavy atom. The van der Waals surface area contributed by atoms with Crippen LogP contribution in [0.4, 0.5) is 0 Å². The van der Waals surface area contributed by atoms with Crippen molar-refractivity contribution in [1.29, 1.82) is 0 Å². The lowest BCUT2D eigenvalue weighted by atomic mass is 10.0. The Hall–Kier alpha value is -0.830. The number of aromatic nitrogens is 2. The van der Waals surface area contributed by atoms with Gasteiger partial charge in [0.05, 0.1) is 5.69 Å². The number of rotatable bonds is 5. The van der Waals surface area contributed by atoms with Gasteiger partial charge < -0.3 is 10.3 Å². The fourth-order valence-electron chi connectivity index (χ4n) is 2.79. The summed E-state index contributed by atoms with van der Waals surface area (Å²) in [5, 5.41) is 0. The van der Waals surface area contributed by atoms with Crippen molar-refractivity contribution in [1.82, 2.24) is 9.55 Å². The van der Waals surface area contributed by atoms with Gasteiger partial charge in [-0.2, -0.15) is 0 Å². The van der Waals surface area contributed by atoms with Crippen LogP contribution in [0.5, 0.6) is 0 Å². The lowest BCUT2D eigenvalue weighted by Gasteiger charge is -2.10. The maximum absolute atomic E-state index is 5.89. The molecule has 0 saturated heterocycles. The molecule has 1 aliphatic carbocycles. The monoisotopic (exact) mass is 235 g/mol. The first kappa shape index (κ1) is 12.6. The molecule has 0 bridgehead atoms. The summed E-state index contributed by atoms with van der Waals surface area (Å²) in [5.41, 5.74) is 6.93. The lowest BCUT2D eigenvalue weighted by Crippen LogP contribution is -2.06. The van der Waals surface area contributed by atoms with E-state index in [2.05, 4.69) is 22.7 Å². The van der Waals surface area contributed by atoms with Crippen molar-refractivity contribution in [2.45, 2.75) is 65.0 Å². The van der Waals surface area contributed by atoms with Crippen molar-refractivity contribution in [3.63, 3.8) is 0 Å². The van der Waals surface area contributed by atoms with Crippen molar-refractivity contribution in [3.05, 3.63) is 17.7 Å². The molecule has 0 radical (unpaired) electrons. The Balaban J connectivity index is 1.98. The number of hydrogen-bond acceptors (Lipinski definition) is 2. The second-order valence-electron chi connectivity index (χ2n) is 5.36. The molecule has 1 atom stereocenters. The molecule has 0 aromatic carbocycles. The Kier molecular flexibility index (Phi) is 4.21. The summed E-state index contributed by atoms with van der Waals surface area (Å²) in [6, 6.07) is 0.0491.